The molecule has 2 aromatic carbocycles. The van der Waals surface area contributed by atoms with E-state index < -0.39 is 12.0 Å². The summed E-state index contributed by atoms with van der Waals surface area (Å²) in [7, 11) is 3.24. The molecule has 1 amide bonds. The first-order valence-electron chi connectivity index (χ1n) is 8.03. The number of benzene rings is 2. The number of anilines is 1. The zero-order valence-electron chi connectivity index (χ0n) is 14.6. The van der Waals surface area contributed by atoms with Gasteiger partial charge < -0.3 is 15.2 Å². The van der Waals surface area contributed by atoms with Crippen molar-refractivity contribution in [3.8, 4) is 5.75 Å². The molecule has 1 unspecified atom stereocenters. The molecular formula is C19H21ClN2O4. The highest BCUT2D eigenvalue weighted by Gasteiger charge is 2.25. The van der Waals surface area contributed by atoms with Crippen LogP contribution in [0.2, 0.25) is 5.02 Å². The van der Waals surface area contributed by atoms with Crippen LogP contribution in [-0.2, 0) is 9.59 Å². The van der Waals surface area contributed by atoms with Gasteiger partial charge in [0.05, 0.1) is 18.6 Å². The van der Waals surface area contributed by atoms with Crippen molar-refractivity contribution in [1.29, 1.82) is 0 Å². The van der Waals surface area contributed by atoms with Crippen LogP contribution in [-0.4, -0.2) is 42.6 Å². The first-order valence-corrected chi connectivity index (χ1v) is 8.41. The van der Waals surface area contributed by atoms with Gasteiger partial charge in [-0.25, -0.2) is 0 Å². The van der Waals surface area contributed by atoms with Gasteiger partial charge in [-0.1, -0.05) is 41.9 Å². The number of carbonyl (C=O) groups is 2. The SMILES string of the molecule is COc1ccc(NC(=O)C(c2ccccc2)N(C)CCC(=O)O)cc1Cl. The third kappa shape index (κ3) is 5.21. The molecule has 0 fully saturated rings. The fourth-order valence-corrected chi connectivity index (χ4v) is 2.85. The van der Waals surface area contributed by atoms with E-state index in [1.54, 1.807) is 30.1 Å². The Balaban J connectivity index is 2.22. The molecular weight excluding hydrogens is 356 g/mol. The molecule has 1 atom stereocenters. The molecule has 26 heavy (non-hydrogen) atoms. The molecule has 0 heterocycles. The molecule has 6 nitrogen and oxygen atoms in total. The van der Waals surface area contributed by atoms with E-state index in [1.165, 1.54) is 7.11 Å². The fraction of sp³-hybridized carbons (Fsp3) is 0.263. The summed E-state index contributed by atoms with van der Waals surface area (Å²) in [5.74, 6) is -0.667. The quantitative estimate of drug-likeness (QED) is 0.737. The van der Waals surface area contributed by atoms with Crippen molar-refractivity contribution < 1.29 is 19.4 Å². The minimum absolute atomic E-state index is 0.0541. The largest absolute Gasteiger partial charge is 0.495 e. The normalized spacial score (nSPS) is 11.8. The van der Waals surface area contributed by atoms with Crippen LogP contribution in [0.4, 0.5) is 5.69 Å². The van der Waals surface area contributed by atoms with Crippen LogP contribution in [0, 0.1) is 0 Å². The molecule has 0 bridgehead atoms. The van der Waals surface area contributed by atoms with Gasteiger partial charge in [0.1, 0.15) is 11.8 Å². The predicted octanol–water partition coefficient (Wildman–Crippen LogP) is 3.43. The first-order chi connectivity index (χ1) is 12.4. The number of nitrogens with zero attached hydrogens (tertiary/aromatic N) is 1. The van der Waals surface area contributed by atoms with Gasteiger partial charge in [0.15, 0.2) is 0 Å². The smallest absolute Gasteiger partial charge is 0.304 e. The maximum absolute atomic E-state index is 12.9. The number of rotatable bonds is 8. The van der Waals surface area contributed by atoms with Crippen LogP contribution >= 0.6 is 11.6 Å². The van der Waals surface area contributed by atoms with E-state index in [2.05, 4.69) is 5.32 Å². The standard InChI is InChI=1S/C19H21ClN2O4/c1-22(11-10-17(23)24)18(13-6-4-3-5-7-13)19(25)21-14-8-9-16(26-2)15(20)12-14/h3-9,12,18H,10-11H2,1-2H3,(H,21,25)(H,23,24). The topological polar surface area (TPSA) is 78.9 Å². The van der Waals surface area contributed by atoms with E-state index in [9.17, 15) is 9.59 Å². The number of aliphatic carboxylic acids is 1. The van der Waals surface area contributed by atoms with Crippen molar-refractivity contribution in [2.75, 3.05) is 26.0 Å². The minimum atomic E-state index is -0.911. The molecule has 0 spiro atoms. The van der Waals surface area contributed by atoms with Gasteiger partial charge in [0, 0.05) is 12.2 Å². The number of amides is 1. The zero-order chi connectivity index (χ0) is 19.1. The second-order valence-electron chi connectivity index (χ2n) is 5.78. The van der Waals surface area contributed by atoms with Crippen LogP contribution < -0.4 is 10.1 Å². The molecule has 0 aliphatic heterocycles. The van der Waals surface area contributed by atoms with Crippen molar-refractivity contribution in [3.05, 3.63) is 59.1 Å². The van der Waals surface area contributed by atoms with Crippen molar-refractivity contribution in [1.82, 2.24) is 4.90 Å². The van der Waals surface area contributed by atoms with Gasteiger partial charge in [0.25, 0.3) is 0 Å². The van der Waals surface area contributed by atoms with Crippen LogP contribution in [0.1, 0.15) is 18.0 Å². The third-order valence-corrected chi connectivity index (χ3v) is 4.20. The summed E-state index contributed by atoms with van der Waals surface area (Å²) in [6, 6.07) is 13.6. The number of nitrogens with one attached hydrogen (secondary N) is 1. The molecule has 2 rings (SSSR count). The number of ether oxygens (including phenoxy) is 1. The van der Waals surface area contributed by atoms with Crippen molar-refractivity contribution in [2.45, 2.75) is 12.5 Å². The highest BCUT2D eigenvalue weighted by molar-refractivity contribution is 6.32. The van der Waals surface area contributed by atoms with Gasteiger partial charge in [-0.05, 0) is 30.8 Å². The molecule has 2 N–H and O–H groups in total. The van der Waals surface area contributed by atoms with Gasteiger partial charge in [-0.15, -0.1) is 0 Å². The second kappa shape index (κ2) is 9.22. The second-order valence-corrected chi connectivity index (χ2v) is 6.18. The average Bonchev–Trinajstić information content (AvgIpc) is 2.61. The lowest BCUT2D eigenvalue weighted by atomic mass is 10.0. The lowest BCUT2D eigenvalue weighted by molar-refractivity contribution is -0.138. The number of hydrogen-bond acceptors (Lipinski definition) is 4. The Labute approximate surface area is 157 Å². The molecule has 0 aromatic heterocycles. The summed E-state index contributed by atoms with van der Waals surface area (Å²) < 4.78 is 5.11. The molecule has 2 aromatic rings. The fourth-order valence-electron chi connectivity index (χ4n) is 2.60. The summed E-state index contributed by atoms with van der Waals surface area (Å²) in [6.07, 6.45) is -0.0541. The molecule has 0 saturated carbocycles. The van der Waals surface area contributed by atoms with E-state index in [0.717, 1.165) is 5.56 Å². The van der Waals surface area contributed by atoms with Crippen LogP contribution in [0.5, 0.6) is 5.75 Å². The van der Waals surface area contributed by atoms with Crippen molar-refractivity contribution >= 4 is 29.2 Å². The predicted molar refractivity (Wildman–Crippen MR) is 101 cm³/mol. The van der Waals surface area contributed by atoms with E-state index in [4.69, 9.17) is 21.4 Å². The van der Waals surface area contributed by atoms with Crippen LogP contribution in [0.25, 0.3) is 0 Å². The maximum Gasteiger partial charge on any atom is 0.304 e. The maximum atomic E-state index is 12.9. The number of methoxy groups -OCH3 is 1. The number of halogens is 1. The van der Waals surface area contributed by atoms with Crippen LogP contribution in [0.15, 0.2) is 48.5 Å². The highest BCUT2D eigenvalue weighted by Crippen LogP contribution is 2.28. The Kier molecular flexibility index (Phi) is 7.00. The summed E-state index contributed by atoms with van der Waals surface area (Å²) >= 11 is 6.10. The first kappa shape index (κ1) is 19.8. The van der Waals surface area contributed by atoms with E-state index in [1.807, 2.05) is 30.3 Å². The summed E-state index contributed by atoms with van der Waals surface area (Å²) in [5, 5.41) is 12.1. The van der Waals surface area contributed by atoms with Gasteiger partial charge in [-0.2, -0.15) is 0 Å². The van der Waals surface area contributed by atoms with E-state index in [-0.39, 0.29) is 18.9 Å². The van der Waals surface area contributed by atoms with E-state index >= 15 is 0 Å². The molecule has 0 radical (unpaired) electrons. The molecule has 0 aliphatic carbocycles. The monoisotopic (exact) mass is 376 g/mol. The Bertz CT molecular complexity index is 767. The Morgan fingerprint density at radius 1 is 1.23 bits per heavy atom. The van der Waals surface area contributed by atoms with Crippen molar-refractivity contribution in [2.24, 2.45) is 0 Å². The van der Waals surface area contributed by atoms with Gasteiger partial charge >= 0.3 is 5.97 Å². The summed E-state index contributed by atoms with van der Waals surface area (Å²) in [5.41, 5.74) is 1.31. The van der Waals surface area contributed by atoms with Gasteiger partial charge in [0.2, 0.25) is 5.91 Å². The zero-order valence-corrected chi connectivity index (χ0v) is 15.4. The Morgan fingerprint density at radius 2 is 1.92 bits per heavy atom. The number of hydrogen-bond donors (Lipinski definition) is 2. The highest BCUT2D eigenvalue weighted by atomic mass is 35.5. The third-order valence-electron chi connectivity index (χ3n) is 3.90. The molecule has 138 valence electrons. The van der Waals surface area contributed by atoms with E-state index in [0.29, 0.717) is 16.5 Å². The Morgan fingerprint density at radius 3 is 2.50 bits per heavy atom. The lowest BCUT2D eigenvalue weighted by Crippen LogP contribution is -2.36. The number of carboxylic acids is 1. The minimum Gasteiger partial charge on any atom is -0.495 e. The number of carbonyl (C=O) groups excluding carboxylic acids is 1. The van der Waals surface area contributed by atoms with Crippen molar-refractivity contribution in [3.63, 3.8) is 0 Å². The number of carboxylic acid groups (broad SMARTS) is 1. The summed E-state index contributed by atoms with van der Waals surface area (Å²) in [6.45, 7) is 0.242. The molecule has 0 saturated heterocycles. The Hall–Kier alpha value is -2.57. The lowest BCUT2D eigenvalue weighted by Gasteiger charge is -2.27. The molecule has 7 heteroatoms. The molecule has 0 aliphatic rings. The summed E-state index contributed by atoms with van der Waals surface area (Å²) in [4.78, 5) is 25.5. The average molecular weight is 377 g/mol. The number of likely N-dealkylation sites (N-methyl/N-ethyl adjacent to an activating group) is 1. The van der Waals surface area contributed by atoms with Gasteiger partial charge in [-0.3, -0.25) is 14.5 Å². The van der Waals surface area contributed by atoms with Crippen LogP contribution in [0.3, 0.4) is 0 Å².